The van der Waals surface area contributed by atoms with Crippen LogP contribution >= 0.6 is 12.2 Å². The van der Waals surface area contributed by atoms with Crippen molar-refractivity contribution in [2.24, 2.45) is 5.41 Å². The van der Waals surface area contributed by atoms with Crippen LogP contribution in [0, 0.1) is 10.2 Å². The highest BCUT2D eigenvalue weighted by Gasteiger charge is 2.41. The second-order valence-corrected chi connectivity index (χ2v) is 8.27. The molecule has 6 nitrogen and oxygen atoms in total. The van der Waals surface area contributed by atoms with E-state index in [0.717, 1.165) is 23.4 Å². The number of benzene rings is 1. The first-order valence-corrected chi connectivity index (χ1v) is 9.23. The van der Waals surface area contributed by atoms with E-state index in [1.807, 2.05) is 24.3 Å². The quantitative estimate of drug-likeness (QED) is 0.689. The zero-order chi connectivity index (χ0) is 19.3. The third-order valence-electron chi connectivity index (χ3n) is 5.20. The molecule has 1 aliphatic carbocycles. The van der Waals surface area contributed by atoms with Crippen LogP contribution in [-0.2, 0) is 4.79 Å². The summed E-state index contributed by atoms with van der Waals surface area (Å²) in [5.74, 6) is 0.914. The summed E-state index contributed by atoms with van der Waals surface area (Å²) < 4.78 is 5.50. The number of rotatable bonds is 2. The third kappa shape index (κ3) is 3.02. The van der Waals surface area contributed by atoms with Crippen LogP contribution in [-0.4, -0.2) is 22.9 Å². The lowest BCUT2D eigenvalue weighted by Gasteiger charge is -2.38. The molecular weight excluding hydrogens is 362 g/mol. The number of methoxy groups -OCH3 is 1. The van der Waals surface area contributed by atoms with Gasteiger partial charge in [-0.15, -0.1) is 0 Å². The predicted octanol–water partition coefficient (Wildman–Crippen LogP) is 3.64. The van der Waals surface area contributed by atoms with Gasteiger partial charge in [0.2, 0.25) is 0 Å². The fourth-order valence-electron chi connectivity index (χ4n) is 4.08. The maximum atomic E-state index is 13.1. The van der Waals surface area contributed by atoms with Gasteiger partial charge < -0.3 is 15.0 Å². The normalized spacial score (nSPS) is 20.6. The fraction of sp³-hybridized carbons (Fsp3) is 0.350. The molecule has 0 amide bonds. The van der Waals surface area contributed by atoms with Gasteiger partial charge in [0, 0.05) is 23.6 Å². The number of carbonyl (C=O) groups is 1. The average molecular weight is 383 g/mol. The lowest BCUT2D eigenvalue weighted by Crippen LogP contribution is -2.36. The van der Waals surface area contributed by atoms with Gasteiger partial charge in [-0.3, -0.25) is 14.6 Å². The molecule has 0 spiro atoms. The minimum Gasteiger partial charge on any atom is -0.497 e. The number of H-pyrrole nitrogens is 2. The Hall–Kier alpha value is -2.67. The number of ketones is 1. The first-order chi connectivity index (χ1) is 12.8. The molecule has 27 heavy (non-hydrogen) atoms. The molecule has 1 aromatic heterocycles. The van der Waals surface area contributed by atoms with E-state index in [1.54, 1.807) is 7.11 Å². The van der Waals surface area contributed by atoms with Crippen LogP contribution in [0.2, 0.25) is 0 Å². The number of hydrogen-bond donors (Lipinski definition) is 3. The summed E-state index contributed by atoms with van der Waals surface area (Å²) in [5, 5.41) is 3.28. The van der Waals surface area contributed by atoms with Gasteiger partial charge in [0.1, 0.15) is 11.6 Å². The molecular formula is C20H21N3O3S. The number of fused-ring (bicyclic) bond motifs is 1. The number of allylic oxidation sites excluding steroid dienone is 2. The van der Waals surface area contributed by atoms with Crippen LogP contribution in [0.25, 0.3) is 0 Å². The van der Waals surface area contributed by atoms with Crippen molar-refractivity contribution in [3.05, 3.63) is 61.8 Å². The summed E-state index contributed by atoms with van der Waals surface area (Å²) in [6.07, 6.45) is 1.18. The van der Waals surface area contributed by atoms with Crippen molar-refractivity contribution in [2.75, 3.05) is 12.4 Å². The van der Waals surface area contributed by atoms with Crippen molar-refractivity contribution in [1.29, 1.82) is 0 Å². The summed E-state index contributed by atoms with van der Waals surface area (Å²) in [4.78, 5) is 31.5. The fourth-order valence-corrected chi connectivity index (χ4v) is 4.27. The minimum atomic E-state index is -0.443. The van der Waals surface area contributed by atoms with Gasteiger partial charge in [0.25, 0.3) is 5.56 Å². The molecule has 0 radical (unpaired) electrons. The van der Waals surface area contributed by atoms with E-state index >= 15 is 0 Å². The van der Waals surface area contributed by atoms with Crippen molar-refractivity contribution in [2.45, 2.75) is 32.6 Å². The molecule has 0 fully saturated rings. The Morgan fingerprint density at radius 3 is 2.48 bits per heavy atom. The van der Waals surface area contributed by atoms with Crippen LogP contribution in [0.1, 0.15) is 43.7 Å². The summed E-state index contributed by atoms with van der Waals surface area (Å²) in [6, 6.07) is 7.48. The SMILES string of the molecule is COc1ccc([C@H]2C3=C(CC(C)(C)CC3=O)Nc3[nH]c(=S)[nH]c(=O)c32)cc1. The van der Waals surface area contributed by atoms with E-state index in [-0.39, 0.29) is 21.5 Å². The molecule has 140 valence electrons. The van der Waals surface area contributed by atoms with Crippen LogP contribution in [0.4, 0.5) is 5.82 Å². The van der Waals surface area contributed by atoms with Crippen LogP contribution in [0.15, 0.2) is 40.3 Å². The second kappa shape index (κ2) is 6.20. The van der Waals surface area contributed by atoms with Crippen molar-refractivity contribution < 1.29 is 9.53 Å². The zero-order valence-corrected chi connectivity index (χ0v) is 16.3. The van der Waals surface area contributed by atoms with Gasteiger partial charge in [-0.05, 0) is 41.7 Å². The summed E-state index contributed by atoms with van der Waals surface area (Å²) >= 11 is 5.14. The van der Waals surface area contributed by atoms with E-state index in [4.69, 9.17) is 17.0 Å². The first kappa shape index (κ1) is 17.7. The highest BCUT2D eigenvalue weighted by Crippen LogP contribution is 2.47. The Morgan fingerprint density at radius 1 is 1.11 bits per heavy atom. The van der Waals surface area contributed by atoms with Gasteiger partial charge in [0.05, 0.1) is 12.7 Å². The highest BCUT2D eigenvalue weighted by atomic mass is 32.1. The number of aromatic nitrogens is 2. The first-order valence-electron chi connectivity index (χ1n) is 8.83. The van der Waals surface area contributed by atoms with Crippen molar-refractivity contribution in [3.63, 3.8) is 0 Å². The number of aromatic amines is 2. The Bertz CT molecular complexity index is 1080. The van der Waals surface area contributed by atoms with Gasteiger partial charge in [0.15, 0.2) is 10.6 Å². The molecule has 2 aromatic rings. The molecule has 0 saturated heterocycles. The molecule has 4 rings (SSSR count). The van der Waals surface area contributed by atoms with Crippen molar-refractivity contribution in [1.82, 2.24) is 9.97 Å². The number of carbonyl (C=O) groups excluding carboxylic acids is 1. The molecule has 0 unspecified atom stereocenters. The van der Waals surface area contributed by atoms with Crippen LogP contribution < -0.4 is 15.6 Å². The van der Waals surface area contributed by atoms with Crippen molar-refractivity contribution >= 4 is 23.8 Å². The van der Waals surface area contributed by atoms with Gasteiger partial charge in [-0.1, -0.05) is 26.0 Å². The van der Waals surface area contributed by atoms with Crippen LogP contribution in [0.5, 0.6) is 5.75 Å². The molecule has 1 aliphatic heterocycles. The summed E-state index contributed by atoms with van der Waals surface area (Å²) in [7, 11) is 1.60. The molecule has 0 bridgehead atoms. The summed E-state index contributed by atoms with van der Waals surface area (Å²) in [5.41, 5.74) is 2.47. The maximum absolute atomic E-state index is 13.1. The van der Waals surface area contributed by atoms with E-state index in [0.29, 0.717) is 23.4 Å². The lowest BCUT2D eigenvalue weighted by molar-refractivity contribution is -0.118. The molecule has 3 N–H and O–H groups in total. The standard InChI is InChI=1S/C20H21N3O3S/c1-20(2)8-12-15(13(24)9-20)14(10-4-6-11(26-3)7-5-10)16-17(21-12)22-19(27)23-18(16)25/h4-7,14H,8-9H2,1-3H3,(H3,21,22,23,25,27)/t14-/m0/s1. The predicted molar refractivity (Wildman–Crippen MR) is 106 cm³/mol. The average Bonchev–Trinajstić information content (AvgIpc) is 2.58. The molecule has 0 saturated carbocycles. The Morgan fingerprint density at radius 2 is 1.81 bits per heavy atom. The monoisotopic (exact) mass is 383 g/mol. The smallest absolute Gasteiger partial charge is 0.257 e. The number of anilines is 1. The van der Waals surface area contributed by atoms with Gasteiger partial charge >= 0.3 is 0 Å². The van der Waals surface area contributed by atoms with E-state index in [1.165, 1.54) is 0 Å². The Labute approximate surface area is 161 Å². The number of Topliss-reactive ketones (excluding diaryl/α,β-unsaturated/α-hetero) is 1. The Kier molecular flexibility index (Phi) is 4.07. The van der Waals surface area contributed by atoms with Crippen LogP contribution in [0.3, 0.4) is 0 Å². The molecule has 7 heteroatoms. The number of ether oxygens (including phenoxy) is 1. The molecule has 1 aromatic carbocycles. The van der Waals surface area contributed by atoms with Gasteiger partial charge in [-0.2, -0.15) is 0 Å². The third-order valence-corrected chi connectivity index (χ3v) is 5.41. The number of hydrogen-bond acceptors (Lipinski definition) is 5. The zero-order valence-electron chi connectivity index (χ0n) is 15.4. The summed E-state index contributed by atoms with van der Waals surface area (Å²) in [6.45, 7) is 4.16. The van der Waals surface area contributed by atoms with E-state index < -0.39 is 5.92 Å². The van der Waals surface area contributed by atoms with E-state index in [9.17, 15) is 9.59 Å². The Balaban J connectivity index is 1.97. The van der Waals surface area contributed by atoms with Gasteiger partial charge in [-0.25, -0.2) is 0 Å². The largest absolute Gasteiger partial charge is 0.497 e. The van der Waals surface area contributed by atoms with Crippen molar-refractivity contribution in [3.8, 4) is 5.75 Å². The molecule has 2 heterocycles. The molecule has 1 atom stereocenters. The highest BCUT2D eigenvalue weighted by molar-refractivity contribution is 7.71. The topological polar surface area (TPSA) is 87.0 Å². The second-order valence-electron chi connectivity index (χ2n) is 7.86. The minimum absolute atomic E-state index is 0.0714. The number of nitrogens with one attached hydrogen (secondary N) is 3. The van der Waals surface area contributed by atoms with E-state index in [2.05, 4.69) is 29.1 Å². The maximum Gasteiger partial charge on any atom is 0.257 e. The lowest BCUT2D eigenvalue weighted by atomic mass is 9.69. The molecule has 2 aliphatic rings.